The maximum Gasteiger partial charge on any atom is 0.141 e. The Balaban J connectivity index is 1.94. The Morgan fingerprint density at radius 1 is 1.32 bits per heavy atom. The average Bonchev–Trinajstić information content (AvgIpc) is 2.71. The van der Waals surface area contributed by atoms with Crippen molar-refractivity contribution in [2.45, 2.75) is 39.2 Å². The highest BCUT2D eigenvalue weighted by molar-refractivity contribution is 6.30. The van der Waals surface area contributed by atoms with Gasteiger partial charge in [0.15, 0.2) is 0 Å². The van der Waals surface area contributed by atoms with Crippen LogP contribution in [0.1, 0.15) is 35.6 Å². The molecule has 0 atom stereocenters. The molecule has 1 aliphatic carbocycles. The molecule has 100 valence electrons. The number of benzene rings is 1. The van der Waals surface area contributed by atoms with Crippen molar-refractivity contribution in [3.63, 3.8) is 0 Å². The molecule has 2 nitrogen and oxygen atoms in total. The van der Waals surface area contributed by atoms with Crippen molar-refractivity contribution in [3.8, 4) is 0 Å². The number of imidazole rings is 1. The molecular formula is C15H16ClFN2. The number of halogens is 2. The predicted molar refractivity (Wildman–Crippen MR) is 74.1 cm³/mol. The van der Waals surface area contributed by atoms with Gasteiger partial charge in [-0.15, -0.1) is 0 Å². The normalized spacial score (nSPS) is 14.5. The van der Waals surface area contributed by atoms with Gasteiger partial charge in [-0.25, -0.2) is 9.37 Å². The predicted octanol–water partition coefficient (Wildman–Crippen LogP) is 3.91. The van der Waals surface area contributed by atoms with Gasteiger partial charge in [0.1, 0.15) is 11.6 Å². The van der Waals surface area contributed by atoms with E-state index in [1.165, 1.54) is 30.3 Å². The molecular weight excluding hydrogens is 263 g/mol. The van der Waals surface area contributed by atoms with Crippen LogP contribution in [0.15, 0.2) is 18.2 Å². The van der Waals surface area contributed by atoms with Crippen molar-refractivity contribution in [3.05, 3.63) is 51.8 Å². The lowest BCUT2D eigenvalue weighted by Gasteiger charge is -2.15. The molecule has 0 N–H and O–H groups in total. The fourth-order valence-corrected chi connectivity index (χ4v) is 2.97. The summed E-state index contributed by atoms with van der Waals surface area (Å²) in [7, 11) is 0. The van der Waals surface area contributed by atoms with Gasteiger partial charge >= 0.3 is 0 Å². The van der Waals surface area contributed by atoms with Gasteiger partial charge in [0.25, 0.3) is 0 Å². The number of hydrogen-bond acceptors (Lipinski definition) is 1. The summed E-state index contributed by atoms with van der Waals surface area (Å²) in [5, 5.41) is 0.184. The zero-order valence-electron chi connectivity index (χ0n) is 10.9. The molecule has 0 bridgehead atoms. The first-order valence-electron chi connectivity index (χ1n) is 6.64. The number of aryl methyl sites for hydroxylation is 2. The van der Waals surface area contributed by atoms with E-state index in [4.69, 9.17) is 11.6 Å². The molecule has 4 heteroatoms. The van der Waals surface area contributed by atoms with E-state index in [9.17, 15) is 4.39 Å². The second-order valence-corrected chi connectivity index (χ2v) is 5.50. The smallest absolute Gasteiger partial charge is 0.141 e. The van der Waals surface area contributed by atoms with Gasteiger partial charge in [0.05, 0.1) is 10.7 Å². The minimum absolute atomic E-state index is 0.184. The van der Waals surface area contributed by atoms with Gasteiger partial charge in [-0.2, -0.15) is 0 Å². The van der Waals surface area contributed by atoms with Gasteiger partial charge in [-0.3, -0.25) is 0 Å². The van der Waals surface area contributed by atoms with Crippen LogP contribution in [0.25, 0.3) is 0 Å². The molecule has 0 radical (unpaired) electrons. The molecule has 2 aromatic rings. The summed E-state index contributed by atoms with van der Waals surface area (Å²) in [6.07, 6.45) is 4.62. The number of rotatable bonds is 2. The summed E-state index contributed by atoms with van der Waals surface area (Å²) in [6.45, 7) is 2.75. The lowest BCUT2D eigenvalue weighted by Crippen LogP contribution is -2.10. The maximum atomic E-state index is 13.2. The first-order chi connectivity index (χ1) is 9.15. The van der Waals surface area contributed by atoms with Crippen molar-refractivity contribution in [2.24, 2.45) is 0 Å². The van der Waals surface area contributed by atoms with Crippen molar-refractivity contribution in [2.75, 3.05) is 0 Å². The van der Waals surface area contributed by atoms with E-state index in [0.717, 1.165) is 24.2 Å². The van der Waals surface area contributed by atoms with Crippen molar-refractivity contribution in [1.29, 1.82) is 0 Å². The van der Waals surface area contributed by atoms with Crippen LogP contribution < -0.4 is 0 Å². The highest BCUT2D eigenvalue weighted by Crippen LogP contribution is 2.24. The van der Waals surface area contributed by atoms with Crippen LogP contribution in [0.2, 0.25) is 5.02 Å². The largest absolute Gasteiger partial charge is 0.328 e. The fraction of sp³-hybridized carbons (Fsp3) is 0.400. The summed E-state index contributed by atoms with van der Waals surface area (Å²) >= 11 is 5.84. The number of fused-ring (bicyclic) bond motifs is 1. The highest BCUT2D eigenvalue weighted by Gasteiger charge is 2.18. The molecule has 0 amide bonds. The van der Waals surface area contributed by atoms with E-state index in [0.29, 0.717) is 6.54 Å². The monoisotopic (exact) mass is 278 g/mol. The lowest BCUT2D eigenvalue weighted by molar-refractivity contribution is 0.618. The molecule has 0 unspecified atom stereocenters. The summed E-state index contributed by atoms with van der Waals surface area (Å²) in [5.74, 6) is 0.669. The zero-order valence-corrected chi connectivity index (χ0v) is 11.7. The van der Waals surface area contributed by atoms with Crippen molar-refractivity contribution < 1.29 is 4.39 Å². The van der Waals surface area contributed by atoms with Gasteiger partial charge in [0, 0.05) is 12.2 Å². The van der Waals surface area contributed by atoms with E-state index in [-0.39, 0.29) is 10.8 Å². The summed E-state index contributed by atoms with van der Waals surface area (Å²) in [5.41, 5.74) is 3.58. The standard InChI is InChI=1S/C15H16ClFN2/c1-10-18-14-4-2-3-5-15(14)19(10)9-11-6-7-13(17)12(16)8-11/h6-8H,2-5,9H2,1H3. The maximum absolute atomic E-state index is 13.2. The second-order valence-electron chi connectivity index (χ2n) is 5.09. The van der Waals surface area contributed by atoms with Crippen LogP contribution in [0.4, 0.5) is 4.39 Å². The lowest BCUT2D eigenvalue weighted by atomic mass is 10.0. The average molecular weight is 279 g/mol. The van der Waals surface area contributed by atoms with Gasteiger partial charge in [-0.05, 0) is 50.3 Å². The minimum Gasteiger partial charge on any atom is -0.328 e. The molecule has 19 heavy (non-hydrogen) atoms. The number of aromatic nitrogens is 2. The molecule has 0 fully saturated rings. The number of nitrogens with zero attached hydrogens (tertiary/aromatic N) is 2. The van der Waals surface area contributed by atoms with E-state index in [2.05, 4.69) is 9.55 Å². The van der Waals surface area contributed by atoms with E-state index in [1.54, 1.807) is 12.1 Å². The molecule has 3 rings (SSSR count). The first-order valence-corrected chi connectivity index (χ1v) is 7.02. The molecule has 0 saturated heterocycles. The van der Waals surface area contributed by atoms with Crippen molar-refractivity contribution >= 4 is 11.6 Å². The fourth-order valence-electron chi connectivity index (χ4n) is 2.77. The first kappa shape index (κ1) is 12.7. The number of hydrogen-bond donors (Lipinski definition) is 0. The molecule has 0 aliphatic heterocycles. The van der Waals surface area contributed by atoms with Crippen LogP contribution in [0.3, 0.4) is 0 Å². The Labute approximate surface area is 117 Å². The third kappa shape index (κ3) is 2.39. The van der Waals surface area contributed by atoms with Crippen LogP contribution in [0.5, 0.6) is 0 Å². The summed E-state index contributed by atoms with van der Waals surface area (Å²) in [6, 6.07) is 4.91. The van der Waals surface area contributed by atoms with E-state index in [1.807, 2.05) is 6.92 Å². The van der Waals surface area contributed by atoms with Crippen LogP contribution in [-0.2, 0) is 19.4 Å². The molecule has 1 aromatic carbocycles. The van der Waals surface area contributed by atoms with Crippen LogP contribution in [0, 0.1) is 12.7 Å². The Hall–Kier alpha value is -1.35. The Morgan fingerprint density at radius 3 is 2.89 bits per heavy atom. The third-order valence-corrected chi connectivity index (χ3v) is 4.04. The van der Waals surface area contributed by atoms with Gasteiger partial charge in [0.2, 0.25) is 0 Å². The zero-order chi connectivity index (χ0) is 13.4. The Morgan fingerprint density at radius 2 is 2.11 bits per heavy atom. The topological polar surface area (TPSA) is 17.8 Å². The van der Waals surface area contributed by atoms with E-state index >= 15 is 0 Å². The third-order valence-electron chi connectivity index (χ3n) is 3.75. The Kier molecular flexibility index (Phi) is 3.31. The minimum atomic E-state index is -0.366. The Bertz CT molecular complexity index is 619. The highest BCUT2D eigenvalue weighted by atomic mass is 35.5. The van der Waals surface area contributed by atoms with Gasteiger partial charge in [-0.1, -0.05) is 17.7 Å². The van der Waals surface area contributed by atoms with Crippen LogP contribution >= 0.6 is 11.6 Å². The van der Waals surface area contributed by atoms with E-state index < -0.39 is 0 Å². The second kappa shape index (κ2) is 4.97. The molecule has 1 aliphatic rings. The molecule has 0 spiro atoms. The summed E-state index contributed by atoms with van der Waals surface area (Å²) in [4.78, 5) is 4.64. The summed E-state index contributed by atoms with van der Waals surface area (Å²) < 4.78 is 15.4. The molecule has 1 heterocycles. The van der Waals surface area contributed by atoms with Crippen molar-refractivity contribution in [1.82, 2.24) is 9.55 Å². The van der Waals surface area contributed by atoms with Crippen LogP contribution in [-0.4, -0.2) is 9.55 Å². The van der Waals surface area contributed by atoms with Gasteiger partial charge < -0.3 is 4.57 Å². The quantitative estimate of drug-likeness (QED) is 0.814. The molecule has 0 saturated carbocycles. The molecule has 1 aromatic heterocycles. The SMILES string of the molecule is Cc1nc2c(n1Cc1ccc(F)c(Cl)c1)CCCC2.